The Kier molecular flexibility index (Phi) is 4.62. The fourth-order valence-electron chi connectivity index (χ4n) is 1.96. The molecule has 2 aromatic rings. The Morgan fingerprint density at radius 2 is 1.25 bits per heavy atom. The Morgan fingerprint density at radius 1 is 0.750 bits per heavy atom. The maximum absolute atomic E-state index is 13.8. The summed E-state index contributed by atoms with van der Waals surface area (Å²) in [7, 11) is -3.19. The summed E-state index contributed by atoms with van der Waals surface area (Å²) in [6.45, 7) is 0. The first kappa shape index (κ1) is 18.2. The fourth-order valence-corrected chi connectivity index (χ4v) is 2.39. The van der Waals surface area contributed by atoms with Crippen LogP contribution in [-0.2, 0) is 23.1 Å². The monoisotopic (exact) mass is 372 g/mol. The van der Waals surface area contributed by atoms with Crippen molar-refractivity contribution < 1.29 is 39.2 Å². The lowest BCUT2D eigenvalue weighted by Crippen LogP contribution is -2.11. The maximum atomic E-state index is 13.8. The summed E-state index contributed by atoms with van der Waals surface area (Å²) < 4.78 is 112. The van der Waals surface area contributed by atoms with E-state index in [-0.39, 0.29) is 6.07 Å². The quantitative estimate of drug-likeness (QED) is 0.622. The molecule has 24 heavy (non-hydrogen) atoms. The largest absolute Gasteiger partial charge is 0.416 e. The van der Waals surface area contributed by atoms with Gasteiger partial charge in [-0.15, -0.1) is 0 Å². The second-order valence-electron chi connectivity index (χ2n) is 4.72. The minimum absolute atomic E-state index is 0.0979. The van der Waals surface area contributed by atoms with Crippen LogP contribution in [0.3, 0.4) is 0 Å². The molecule has 0 fully saturated rings. The van der Waals surface area contributed by atoms with Gasteiger partial charge in [-0.2, -0.15) is 26.3 Å². The van der Waals surface area contributed by atoms with Crippen molar-refractivity contribution in [3.05, 3.63) is 53.3 Å². The molecule has 130 valence electrons. The van der Waals surface area contributed by atoms with Crippen molar-refractivity contribution in [2.24, 2.45) is 0 Å². The smallest absolute Gasteiger partial charge is 0.227 e. The van der Waals surface area contributed by atoms with Gasteiger partial charge in [-0.3, -0.25) is 0 Å². The van der Waals surface area contributed by atoms with Crippen molar-refractivity contribution in [3.8, 4) is 11.1 Å². The molecule has 0 aliphatic rings. The SMILES string of the molecule is O=[SH](=O)c1ccc(F)c(-c2cc(C(F)(F)F)cc(C(F)(F)F)c2)c1. The normalized spacial score (nSPS) is 12.7. The summed E-state index contributed by atoms with van der Waals surface area (Å²) >= 11 is 0. The van der Waals surface area contributed by atoms with Gasteiger partial charge in [-0.05, 0) is 42.0 Å². The Hall–Kier alpha value is -2.10. The van der Waals surface area contributed by atoms with Gasteiger partial charge < -0.3 is 0 Å². The summed E-state index contributed by atoms with van der Waals surface area (Å²) in [6.07, 6.45) is -10.2. The van der Waals surface area contributed by atoms with Gasteiger partial charge >= 0.3 is 12.4 Å². The van der Waals surface area contributed by atoms with Gasteiger partial charge in [0.1, 0.15) is 5.82 Å². The van der Waals surface area contributed by atoms with E-state index < -0.39 is 56.0 Å². The minimum Gasteiger partial charge on any atom is -0.227 e. The molecule has 0 bridgehead atoms. The van der Waals surface area contributed by atoms with Crippen molar-refractivity contribution in [1.82, 2.24) is 0 Å². The molecule has 0 radical (unpaired) electrons. The van der Waals surface area contributed by atoms with Crippen LogP contribution in [-0.4, -0.2) is 8.42 Å². The standard InChI is InChI=1S/C14H7F7O2S/c15-12-2-1-10(24(22)23)6-11(12)7-3-8(13(16,17)18)5-9(4-7)14(19,20)21/h1-6,24H. The highest BCUT2D eigenvalue weighted by Crippen LogP contribution is 2.39. The van der Waals surface area contributed by atoms with Crippen molar-refractivity contribution >= 4 is 10.7 Å². The third kappa shape index (κ3) is 3.86. The van der Waals surface area contributed by atoms with Crippen LogP contribution in [0.4, 0.5) is 30.7 Å². The molecule has 2 rings (SSSR count). The zero-order chi connectivity index (χ0) is 18.3. The van der Waals surface area contributed by atoms with E-state index in [1.807, 2.05) is 0 Å². The van der Waals surface area contributed by atoms with Crippen LogP contribution < -0.4 is 0 Å². The van der Waals surface area contributed by atoms with E-state index in [0.717, 1.165) is 6.07 Å². The van der Waals surface area contributed by atoms with E-state index >= 15 is 0 Å². The van der Waals surface area contributed by atoms with Gasteiger partial charge in [0.05, 0.1) is 16.0 Å². The lowest BCUT2D eigenvalue weighted by atomic mass is 9.99. The molecule has 0 unspecified atom stereocenters. The van der Waals surface area contributed by atoms with E-state index in [1.165, 1.54) is 0 Å². The maximum Gasteiger partial charge on any atom is 0.416 e. The molecule has 10 heteroatoms. The Morgan fingerprint density at radius 3 is 1.67 bits per heavy atom. The molecule has 0 N–H and O–H groups in total. The molecule has 0 amide bonds. The lowest BCUT2D eigenvalue weighted by Gasteiger charge is -2.15. The van der Waals surface area contributed by atoms with E-state index in [4.69, 9.17) is 0 Å². The summed E-state index contributed by atoms with van der Waals surface area (Å²) in [5, 5.41) is 0. The van der Waals surface area contributed by atoms with E-state index in [1.54, 1.807) is 0 Å². The first-order valence-electron chi connectivity index (χ1n) is 6.13. The summed E-state index contributed by atoms with van der Waals surface area (Å²) in [6, 6.07) is 2.74. The van der Waals surface area contributed by atoms with E-state index in [2.05, 4.69) is 0 Å². The van der Waals surface area contributed by atoms with Crippen LogP contribution in [0, 0.1) is 5.82 Å². The van der Waals surface area contributed by atoms with Gasteiger partial charge in [-0.25, -0.2) is 12.8 Å². The molecule has 0 aromatic heterocycles. The van der Waals surface area contributed by atoms with Gasteiger partial charge in [-0.1, -0.05) is 0 Å². The van der Waals surface area contributed by atoms with E-state index in [0.29, 0.717) is 24.3 Å². The molecule has 0 saturated heterocycles. The second-order valence-corrected chi connectivity index (χ2v) is 5.75. The summed E-state index contributed by atoms with van der Waals surface area (Å²) in [5.41, 5.74) is -4.65. The highest BCUT2D eigenvalue weighted by atomic mass is 32.2. The molecule has 0 saturated carbocycles. The first-order valence-corrected chi connectivity index (χ1v) is 7.31. The fraction of sp³-hybridized carbons (Fsp3) is 0.143. The number of halogens is 7. The average Bonchev–Trinajstić information content (AvgIpc) is 2.45. The molecule has 0 aliphatic heterocycles. The van der Waals surface area contributed by atoms with Crippen molar-refractivity contribution in [3.63, 3.8) is 0 Å². The molecule has 0 aliphatic carbocycles. The van der Waals surface area contributed by atoms with Crippen LogP contribution in [0.25, 0.3) is 11.1 Å². The van der Waals surface area contributed by atoms with Gasteiger partial charge in [0.15, 0.2) is 10.7 Å². The van der Waals surface area contributed by atoms with E-state index in [9.17, 15) is 39.2 Å². The first-order chi connectivity index (χ1) is 10.9. The van der Waals surface area contributed by atoms with Crippen LogP contribution in [0.15, 0.2) is 41.3 Å². The molecule has 0 spiro atoms. The number of benzene rings is 2. The minimum atomic E-state index is -5.09. The molecular weight excluding hydrogens is 365 g/mol. The Labute approximate surface area is 132 Å². The van der Waals surface area contributed by atoms with Crippen molar-refractivity contribution in [2.45, 2.75) is 17.2 Å². The highest BCUT2D eigenvalue weighted by Gasteiger charge is 2.37. The van der Waals surface area contributed by atoms with Crippen LogP contribution >= 0.6 is 0 Å². The third-order valence-electron chi connectivity index (χ3n) is 3.06. The van der Waals surface area contributed by atoms with Crippen molar-refractivity contribution in [2.75, 3.05) is 0 Å². The van der Waals surface area contributed by atoms with Crippen molar-refractivity contribution in [1.29, 1.82) is 0 Å². The molecule has 0 atom stereocenters. The number of rotatable bonds is 2. The number of hydrogen-bond donors (Lipinski definition) is 1. The van der Waals surface area contributed by atoms with Crippen LogP contribution in [0.2, 0.25) is 0 Å². The number of alkyl halides is 6. The second kappa shape index (κ2) is 6.08. The summed E-state index contributed by atoms with van der Waals surface area (Å²) in [5.74, 6) is -1.15. The molecule has 2 aromatic carbocycles. The van der Waals surface area contributed by atoms with Gasteiger partial charge in [0.25, 0.3) is 0 Å². The predicted octanol–water partition coefficient (Wildman–Crippen LogP) is 4.50. The number of thiol groups is 1. The Balaban J connectivity index is 2.77. The zero-order valence-electron chi connectivity index (χ0n) is 11.4. The molecule has 0 heterocycles. The summed E-state index contributed by atoms with van der Waals surface area (Å²) in [4.78, 5) is -0.438. The number of hydrogen-bond acceptors (Lipinski definition) is 2. The topological polar surface area (TPSA) is 34.1 Å². The van der Waals surface area contributed by atoms with Gasteiger partial charge in [0, 0.05) is 5.56 Å². The Bertz CT molecular complexity index is 811. The lowest BCUT2D eigenvalue weighted by molar-refractivity contribution is -0.143. The van der Waals surface area contributed by atoms with Crippen LogP contribution in [0.5, 0.6) is 0 Å². The third-order valence-corrected chi connectivity index (χ3v) is 3.76. The molecule has 2 nitrogen and oxygen atoms in total. The van der Waals surface area contributed by atoms with Gasteiger partial charge in [0.2, 0.25) is 0 Å². The van der Waals surface area contributed by atoms with Crippen LogP contribution in [0.1, 0.15) is 11.1 Å². The predicted molar refractivity (Wildman–Crippen MR) is 70.4 cm³/mol. The molecular formula is C14H7F7O2S. The average molecular weight is 372 g/mol. The highest BCUT2D eigenvalue weighted by molar-refractivity contribution is 7.72. The zero-order valence-corrected chi connectivity index (χ0v) is 12.3.